The van der Waals surface area contributed by atoms with E-state index in [-0.39, 0.29) is 28.6 Å². The van der Waals surface area contributed by atoms with Gasteiger partial charge in [0.05, 0.1) is 28.2 Å². The zero-order valence-electron chi connectivity index (χ0n) is 17.9. The second-order valence-electron chi connectivity index (χ2n) is 7.14. The van der Waals surface area contributed by atoms with Crippen molar-refractivity contribution in [3.63, 3.8) is 0 Å². The normalized spacial score (nSPS) is 12.5. The summed E-state index contributed by atoms with van der Waals surface area (Å²) in [6, 6.07) is 5.21. The van der Waals surface area contributed by atoms with Gasteiger partial charge in [0.15, 0.2) is 6.10 Å². The van der Waals surface area contributed by atoms with Crippen molar-refractivity contribution >= 4 is 23.2 Å². The molecule has 34 heavy (non-hydrogen) atoms. The zero-order chi connectivity index (χ0) is 25.2. The molecule has 1 atom stereocenters. The van der Waals surface area contributed by atoms with Gasteiger partial charge < -0.3 is 19.7 Å². The molecule has 1 heterocycles. The Morgan fingerprint density at radius 3 is 2.56 bits per heavy atom. The molecule has 0 saturated heterocycles. The van der Waals surface area contributed by atoms with Crippen molar-refractivity contribution in [2.75, 3.05) is 5.32 Å². The molecule has 3 aromatic rings. The molecule has 1 amide bonds. The number of aliphatic hydroxyl groups excluding tert-OH is 1. The van der Waals surface area contributed by atoms with Gasteiger partial charge in [0.2, 0.25) is 0 Å². The van der Waals surface area contributed by atoms with Crippen LogP contribution in [0.1, 0.15) is 30.0 Å². The molecule has 0 fully saturated rings. The first kappa shape index (κ1) is 25.4. The summed E-state index contributed by atoms with van der Waals surface area (Å²) in [5.41, 5.74) is -1.09. The van der Waals surface area contributed by atoms with Crippen LogP contribution in [0.2, 0.25) is 5.02 Å². The van der Waals surface area contributed by atoms with Crippen molar-refractivity contribution in [3.05, 3.63) is 64.6 Å². The fourth-order valence-corrected chi connectivity index (χ4v) is 3.40. The Hall–Kier alpha value is -3.18. The van der Waals surface area contributed by atoms with Crippen LogP contribution in [0.25, 0.3) is 11.3 Å². The Morgan fingerprint density at radius 2 is 1.97 bits per heavy atom. The first-order valence-corrected chi connectivity index (χ1v) is 10.3. The smallest absolute Gasteiger partial charge is 0.425 e. The number of rotatable bonds is 7. The lowest BCUT2D eigenvalue weighted by Crippen LogP contribution is -2.32. The van der Waals surface area contributed by atoms with E-state index < -0.39 is 53.4 Å². The lowest BCUT2D eigenvalue weighted by molar-refractivity contribution is -0.189. The fourth-order valence-electron chi connectivity index (χ4n) is 3.19. The maximum Gasteiger partial charge on any atom is 0.425 e. The van der Waals surface area contributed by atoms with Gasteiger partial charge in [-0.1, -0.05) is 17.7 Å². The summed E-state index contributed by atoms with van der Waals surface area (Å²) in [5.74, 6) is -3.40. The molecule has 0 aliphatic carbocycles. The average Bonchev–Trinajstić information content (AvgIpc) is 3.19. The van der Waals surface area contributed by atoms with Crippen LogP contribution < -0.4 is 10.1 Å². The molecular weight excluding hydrogens is 485 g/mol. The van der Waals surface area contributed by atoms with E-state index in [0.717, 1.165) is 19.1 Å². The van der Waals surface area contributed by atoms with Crippen LogP contribution >= 0.6 is 11.6 Å². The molecule has 1 aromatic heterocycles. The predicted molar refractivity (Wildman–Crippen MR) is 115 cm³/mol. The zero-order valence-corrected chi connectivity index (χ0v) is 18.6. The standard InChI is InChI=1S/C22H19ClF5N3O3/c1-3-31-17(9-29-19(31)10-32)12-8-18(34-11(2)22(26,27)28)13(7-16(12)25)21(33)30-20-14(23)5-4-6-15(20)24/h4-9,11,32H,3,10H2,1-2H3,(H,30,33). The summed E-state index contributed by atoms with van der Waals surface area (Å²) in [4.78, 5) is 16.8. The van der Waals surface area contributed by atoms with Crippen molar-refractivity contribution in [2.45, 2.75) is 39.3 Å². The van der Waals surface area contributed by atoms with E-state index in [2.05, 4.69) is 10.3 Å². The molecule has 0 bridgehead atoms. The van der Waals surface area contributed by atoms with Crippen molar-refractivity contribution in [1.29, 1.82) is 0 Å². The number of anilines is 1. The molecule has 3 rings (SSSR count). The number of aromatic nitrogens is 2. The number of carbonyl (C=O) groups is 1. The SMILES string of the molecule is CCn1c(-c2cc(OC(C)C(F)(F)F)c(C(=O)Nc3c(F)cccc3Cl)cc2F)cnc1CO. The van der Waals surface area contributed by atoms with E-state index in [1.54, 1.807) is 6.92 Å². The number of nitrogens with one attached hydrogen (secondary N) is 1. The molecule has 0 radical (unpaired) electrons. The lowest BCUT2D eigenvalue weighted by atomic mass is 10.1. The van der Waals surface area contributed by atoms with E-state index in [1.165, 1.54) is 22.9 Å². The maximum atomic E-state index is 15.1. The number of ether oxygens (including phenoxy) is 1. The maximum absolute atomic E-state index is 15.1. The van der Waals surface area contributed by atoms with Gasteiger partial charge in [0.1, 0.15) is 29.8 Å². The number of alkyl halides is 3. The number of hydrogen-bond acceptors (Lipinski definition) is 4. The van der Waals surface area contributed by atoms with Gasteiger partial charge in [-0.3, -0.25) is 4.79 Å². The Bertz CT molecular complexity index is 1190. The van der Waals surface area contributed by atoms with Crippen LogP contribution in [0, 0.1) is 11.6 Å². The first-order chi connectivity index (χ1) is 16.0. The highest BCUT2D eigenvalue weighted by atomic mass is 35.5. The second kappa shape index (κ2) is 9.98. The van der Waals surface area contributed by atoms with Crippen LogP contribution in [0.5, 0.6) is 5.75 Å². The lowest BCUT2D eigenvalue weighted by Gasteiger charge is -2.21. The molecule has 6 nitrogen and oxygen atoms in total. The van der Waals surface area contributed by atoms with E-state index >= 15 is 4.39 Å². The highest BCUT2D eigenvalue weighted by molar-refractivity contribution is 6.34. The van der Waals surface area contributed by atoms with Gasteiger partial charge in [-0.2, -0.15) is 13.2 Å². The van der Waals surface area contributed by atoms with Crippen molar-refractivity contribution < 1.29 is 36.6 Å². The number of para-hydroxylation sites is 1. The summed E-state index contributed by atoms with van der Waals surface area (Å²) in [5, 5.41) is 11.4. The topological polar surface area (TPSA) is 76.4 Å². The molecule has 0 aliphatic heterocycles. The Kier molecular flexibility index (Phi) is 7.47. The summed E-state index contributed by atoms with van der Waals surface area (Å²) in [6.45, 7) is 2.24. The van der Waals surface area contributed by atoms with Gasteiger partial charge in [0, 0.05) is 12.1 Å². The third kappa shape index (κ3) is 5.15. The fraction of sp³-hybridized carbons (Fsp3) is 0.273. The third-order valence-electron chi connectivity index (χ3n) is 4.95. The minimum Gasteiger partial charge on any atom is -0.480 e. The predicted octanol–water partition coefficient (Wildman–Crippen LogP) is 5.58. The number of carbonyl (C=O) groups excluding carboxylic acids is 1. The second-order valence-corrected chi connectivity index (χ2v) is 7.55. The third-order valence-corrected chi connectivity index (χ3v) is 5.27. The van der Waals surface area contributed by atoms with E-state index in [9.17, 15) is 27.5 Å². The van der Waals surface area contributed by atoms with Crippen LogP contribution in [0.15, 0.2) is 36.5 Å². The summed E-state index contributed by atoms with van der Waals surface area (Å²) in [6.07, 6.45) is -5.89. The molecule has 12 heteroatoms. The molecule has 1 unspecified atom stereocenters. The van der Waals surface area contributed by atoms with E-state index in [4.69, 9.17) is 16.3 Å². The van der Waals surface area contributed by atoms with Gasteiger partial charge in [0.25, 0.3) is 5.91 Å². The molecule has 2 aromatic carbocycles. The number of amides is 1. The molecule has 0 saturated carbocycles. The molecule has 0 aliphatic rings. The number of imidazole rings is 1. The summed E-state index contributed by atoms with van der Waals surface area (Å²) >= 11 is 5.89. The summed E-state index contributed by atoms with van der Waals surface area (Å²) < 4.78 is 75.2. The van der Waals surface area contributed by atoms with Gasteiger partial charge in [-0.25, -0.2) is 13.8 Å². The highest BCUT2D eigenvalue weighted by Gasteiger charge is 2.39. The Balaban J connectivity index is 2.13. The van der Waals surface area contributed by atoms with E-state index in [0.29, 0.717) is 6.07 Å². The van der Waals surface area contributed by atoms with Gasteiger partial charge in [-0.15, -0.1) is 0 Å². The Labute approximate surface area is 195 Å². The quantitative estimate of drug-likeness (QED) is 0.413. The van der Waals surface area contributed by atoms with Crippen molar-refractivity contribution in [1.82, 2.24) is 9.55 Å². The van der Waals surface area contributed by atoms with Crippen LogP contribution in [0.3, 0.4) is 0 Å². The van der Waals surface area contributed by atoms with E-state index in [1.807, 2.05) is 0 Å². The monoisotopic (exact) mass is 503 g/mol. The molecule has 182 valence electrons. The summed E-state index contributed by atoms with van der Waals surface area (Å²) in [7, 11) is 0. The minimum absolute atomic E-state index is 0.151. The number of halogens is 6. The van der Waals surface area contributed by atoms with Crippen LogP contribution in [-0.4, -0.2) is 32.8 Å². The number of nitrogens with zero attached hydrogens (tertiary/aromatic N) is 2. The molecule has 0 spiro atoms. The molecule has 2 N–H and O–H groups in total. The first-order valence-electron chi connectivity index (χ1n) is 9.95. The van der Waals surface area contributed by atoms with Crippen molar-refractivity contribution in [3.8, 4) is 17.0 Å². The van der Waals surface area contributed by atoms with Crippen molar-refractivity contribution in [2.24, 2.45) is 0 Å². The van der Waals surface area contributed by atoms with Gasteiger partial charge in [-0.05, 0) is 38.1 Å². The highest BCUT2D eigenvalue weighted by Crippen LogP contribution is 2.35. The minimum atomic E-state index is -4.79. The molecular formula is C22H19ClF5N3O3. The number of aliphatic hydroxyl groups is 1. The number of benzene rings is 2. The van der Waals surface area contributed by atoms with Gasteiger partial charge >= 0.3 is 6.18 Å². The van der Waals surface area contributed by atoms with Crippen LogP contribution in [-0.2, 0) is 13.2 Å². The average molecular weight is 504 g/mol. The Morgan fingerprint density at radius 1 is 1.26 bits per heavy atom. The van der Waals surface area contributed by atoms with Crippen LogP contribution in [0.4, 0.5) is 27.6 Å². The largest absolute Gasteiger partial charge is 0.480 e. The number of hydrogen-bond donors (Lipinski definition) is 2.